The molecule has 0 fully saturated rings. The molecule has 1 aromatic carbocycles. The zero-order valence-corrected chi connectivity index (χ0v) is 20.0. The van der Waals surface area contributed by atoms with Crippen LogP contribution in [0.2, 0.25) is 0 Å². The molecule has 0 aliphatic carbocycles. The van der Waals surface area contributed by atoms with Crippen molar-refractivity contribution in [2.24, 2.45) is 5.73 Å². The van der Waals surface area contributed by atoms with Gasteiger partial charge in [-0.2, -0.15) is 5.26 Å². The van der Waals surface area contributed by atoms with Crippen LogP contribution in [-0.2, 0) is 10.2 Å². The highest BCUT2D eigenvalue weighted by atomic mass is 16.5. The predicted molar refractivity (Wildman–Crippen MR) is 123 cm³/mol. The molecule has 0 spiro atoms. The summed E-state index contributed by atoms with van der Waals surface area (Å²) in [6, 6.07) is 7.56. The number of benzene rings is 1. The summed E-state index contributed by atoms with van der Waals surface area (Å²) in [6.07, 6.45) is 0. The van der Waals surface area contributed by atoms with Crippen LogP contribution in [0, 0.1) is 11.3 Å². The number of hydrogen-bond donors (Lipinski definition) is 2. The van der Waals surface area contributed by atoms with Gasteiger partial charge in [0.15, 0.2) is 18.1 Å². The smallest absolute Gasteiger partial charge is 0.260 e. The number of aromatic nitrogens is 2. The minimum atomic E-state index is -0.494. The number of nitriles is 1. The van der Waals surface area contributed by atoms with Crippen molar-refractivity contribution in [1.29, 1.82) is 5.26 Å². The molecule has 1 aromatic heterocycles. The summed E-state index contributed by atoms with van der Waals surface area (Å²) in [5.41, 5.74) is 8.48. The molecule has 1 amide bonds. The first-order valence-corrected chi connectivity index (χ1v) is 10.9. The van der Waals surface area contributed by atoms with E-state index in [0.717, 1.165) is 16.8 Å². The van der Waals surface area contributed by atoms with Crippen molar-refractivity contribution in [3.8, 4) is 23.4 Å². The van der Waals surface area contributed by atoms with Gasteiger partial charge < -0.3 is 24.8 Å². The molecule has 176 valence electrons. The summed E-state index contributed by atoms with van der Waals surface area (Å²) in [5.74, 6) is 0.664. The summed E-state index contributed by atoms with van der Waals surface area (Å²) in [5, 5.41) is 17.2. The molecule has 33 heavy (non-hydrogen) atoms. The number of methoxy groups -OCH3 is 1. The van der Waals surface area contributed by atoms with E-state index in [2.05, 4.69) is 37.0 Å². The highest BCUT2D eigenvalue weighted by Crippen LogP contribution is 2.46. The first-order valence-electron chi connectivity index (χ1n) is 10.9. The third kappa shape index (κ3) is 4.60. The van der Waals surface area contributed by atoms with E-state index in [1.807, 2.05) is 19.9 Å². The first-order chi connectivity index (χ1) is 15.7. The summed E-state index contributed by atoms with van der Waals surface area (Å²) < 4.78 is 17.0. The Labute approximate surface area is 194 Å². The number of allylic oxidation sites excluding steroid dienone is 1. The van der Waals surface area contributed by atoms with Crippen molar-refractivity contribution in [1.82, 2.24) is 15.1 Å². The largest absolute Gasteiger partial charge is 0.493 e. The Morgan fingerprint density at radius 2 is 2.00 bits per heavy atom. The average molecular weight is 454 g/mol. The predicted octanol–water partition coefficient (Wildman–Crippen LogP) is 3.18. The third-order valence-corrected chi connectivity index (χ3v) is 5.68. The first kappa shape index (κ1) is 24.0. The van der Waals surface area contributed by atoms with E-state index in [1.165, 1.54) is 7.11 Å². The van der Waals surface area contributed by atoms with Gasteiger partial charge in [-0.1, -0.05) is 26.8 Å². The van der Waals surface area contributed by atoms with Crippen molar-refractivity contribution < 1.29 is 19.0 Å². The van der Waals surface area contributed by atoms with Gasteiger partial charge in [-0.25, -0.2) is 0 Å². The van der Waals surface area contributed by atoms with Crippen molar-refractivity contribution in [2.75, 3.05) is 26.8 Å². The van der Waals surface area contributed by atoms with Gasteiger partial charge in [-0.15, -0.1) is 5.10 Å². The van der Waals surface area contributed by atoms with Gasteiger partial charge >= 0.3 is 0 Å². The standard InChI is InChI=1S/C24H31N5O4/c1-7-29(8-2)18(30)13-32-16-10-9-14(11-17(16)31-6)19-15(12-25)22(26)33-23-20(19)21(27-28-23)24(3,4)5/h9-11,19H,7-8,13,26H2,1-6H3,(H,27,28)/t19-/m1/s1. The maximum absolute atomic E-state index is 12.3. The van der Waals surface area contributed by atoms with E-state index in [9.17, 15) is 10.1 Å². The number of amides is 1. The molecule has 0 saturated carbocycles. The SMILES string of the molecule is CCN(CC)C(=O)COc1ccc([C@@H]2C(C#N)=C(N)Oc3n[nH]c(C(C)(C)C)c32)cc1OC. The molecule has 2 aromatic rings. The van der Waals surface area contributed by atoms with E-state index in [1.54, 1.807) is 17.0 Å². The molecule has 0 bridgehead atoms. The fourth-order valence-electron chi connectivity index (χ4n) is 3.94. The van der Waals surface area contributed by atoms with Gasteiger partial charge in [0.1, 0.15) is 11.6 Å². The summed E-state index contributed by atoms with van der Waals surface area (Å²) >= 11 is 0. The lowest BCUT2D eigenvalue weighted by atomic mass is 9.79. The van der Waals surface area contributed by atoms with Crippen LogP contribution in [0.5, 0.6) is 17.4 Å². The Morgan fingerprint density at radius 1 is 1.30 bits per heavy atom. The van der Waals surface area contributed by atoms with Crippen molar-refractivity contribution in [3.63, 3.8) is 0 Å². The van der Waals surface area contributed by atoms with E-state index in [4.69, 9.17) is 19.9 Å². The summed E-state index contributed by atoms with van der Waals surface area (Å²) in [7, 11) is 1.53. The average Bonchev–Trinajstić information content (AvgIpc) is 3.21. The number of fused-ring (bicyclic) bond motifs is 1. The van der Waals surface area contributed by atoms with Gasteiger partial charge in [0.2, 0.25) is 11.8 Å². The third-order valence-electron chi connectivity index (χ3n) is 5.68. The fourth-order valence-corrected chi connectivity index (χ4v) is 3.94. The Hall–Kier alpha value is -3.67. The van der Waals surface area contributed by atoms with Crippen LogP contribution in [0.25, 0.3) is 0 Å². The van der Waals surface area contributed by atoms with E-state index >= 15 is 0 Å². The molecule has 1 aliphatic heterocycles. The number of nitrogens with zero attached hydrogens (tertiary/aromatic N) is 3. The number of carbonyl (C=O) groups excluding carboxylic acids is 1. The highest BCUT2D eigenvalue weighted by molar-refractivity contribution is 5.77. The normalized spacial score (nSPS) is 15.4. The second-order valence-corrected chi connectivity index (χ2v) is 8.76. The van der Waals surface area contributed by atoms with Gasteiger partial charge in [-0.05, 0) is 31.5 Å². The number of aromatic amines is 1. The van der Waals surface area contributed by atoms with Crippen LogP contribution in [0.1, 0.15) is 57.4 Å². The van der Waals surface area contributed by atoms with Gasteiger partial charge in [0.05, 0.1) is 18.6 Å². The van der Waals surface area contributed by atoms with Gasteiger partial charge in [-0.3, -0.25) is 9.89 Å². The minimum absolute atomic E-state index is 0.0195. The molecule has 1 aliphatic rings. The molecule has 1 atom stereocenters. The minimum Gasteiger partial charge on any atom is -0.493 e. The molecule has 0 saturated heterocycles. The topological polar surface area (TPSA) is 126 Å². The van der Waals surface area contributed by atoms with Gasteiger partial charge in [0, 0.05) is 24.2 Å². The zero-order valence-electron chi connectivity index (χ0n) is 20.0. The molecule has 0 unspecified atom stereocenters. The second-order valence-electron chi connectivity index (χ2n) is 8.76. The molecule has 3 rings (SSSR count). The molecule has 0 radical (unpaired) electrons. The Morgan fingerprint density at radius 3 is 2.58 bits per heavy atom. The van der Waals surface area contributed by atoms with Crippen LogP contribution < -0.4 is 19.9 Å². The number of likely N-dealkylation sites (N-methyl/N-ethyl adjacent to an activating group) is 1. The molecule has 9 heteroatoms. The maximum Gasteiger partial charge on any atom is 0.260 e. The number of hydrogen-bond acceptors (Lipinski definition) is 7. The highest BCUT2D eigenvalue weighted by Gasteiger charge is 2.38. The number of nitrogens with one attached hydrogen (secondary N) is 1. The van der Waals surface area contributed by atoms with E-state index in [-0.39, 0.29) is 23.8 Å². The lowest BCUT2D eigenvalue weighted by molar-refractivity contribution is -0.132. The number of H-pyrrole nitrogens is 1. The van der Waals surface area contributed by atoms with E-state index in [0.29, 0.717) is 36.0 Å². The van der Waals surface area contributed by atoms with Crippen molar-refractivity contribution in [2.45, 2.75) is 46.0 Å². The Bertz CT molecular complexity index is 1100. The Kier molecular flexibility index (Phi) is 6.86. The van der Waals surface area contributed by atoms with Crippen LogP contribution in [0.3, 0.4) is 0 Å². The fraction of sp³-hybridized carbons (Fsp3) is 0.458. The number of ether oxygens (including phenoxy) is 3. The number of carbonyl (C=O) groups is 1. The second kappa shape index (κ2) is 9.45. The Balaban J connectivity index is 2.02. The summed E-state index contributed by atoms with van der Waals surface area (Å²) in [4.78, 5) is 14.0. The molecule has 2 heterocycles. The lowest BCUT2D eigenvalue weighted by Gasteiger charge is -2.27. The monoisotopic (exact) mass is 453 g/mol. The van der Waals surface area contributed by atoms with Crippen molar-refractivity contribution in [3.05, 3.63) is 46.5 Å². The molecule has 9 nitrogen and oxygen atoms in total. The van der Waals surface area contributed by atoms with Crippen LogP contribution in [0.15, 0.2) is 29.7 Å². The molecule has 3 N–H and O–H groups in total. The molecular formula is C24H31N5O4. The van der Waals surface area contributed by atoms with Crippen LogP contribution >= 0.6 is 0 Å². The zero-order chi connectivity index (χ0) is 24.3. The van der Waals surface area contributed by atoms with E-state index < -0.39 is 5.92 Å². The molecular weight excluding hydrogens is 422 g/mol. The quantitative estimate of drug-likeness (QED) is 0.659. The van der Waals surface area contributed by atoms with Crippen LogP contribution in [-0.4, -0.2) is 47.8 Å². The lowest BCUT2D eigenvalue weighted by Crippen LogP contribution is -2.34. The van der Waals surface area contributed by atoms with Gasteiger partial charge in [0.25, 0.3) is 5.91 Å². The number of nitrogens with two attached hydrogens (primary N) is 1. The number of rotatable bonds is 7. The van der Waals surface area contributed by atoms with Crippen LogP contribution in [0.4, 0.5) is 0 Å². The van der Waals surface area contributed by atoms with Crippen molar-refractivity contribution >= 4 is 5.91 Å². The maximum atomic E-state index is 12.3. The summed E-state index contributed by atoms with van der Waals surface area (Å²) in [6.45, 7) is 11.1.